The van der Waals surface area contributed by atoms with E-state index in [1.165, 1.54) is 50.0 Å². The summed E-state index contributed by atoms with van der Waals surface area (Å²) in [5.74, 6) is 0. The van der Waals surface area contributed by atoms with Crippen molar-refractivity contribution in [3.8, 4) is 0 Å². The normalized spacial score (nSPS) is 16.5. The van der Waals surface area contributed by atoms with E-state index in [9.17, 15) is 0 Å². The lowest BCUT2D eigenvalue weighted by molar-refractivity contribution is 0.326. The average molecular weight is 275 g/mol. The molecule has 4 heteroatoms. The Morgan fingerprint density at radius 3 is 2.79 bits per heavy atom. The van der Waals surface area contributed by atoms with Gasteiger partial charge in [0.1, 0.15) is 0 Å². The highest BCUT2D eigenvalue weighted by Crippen LogP contribution is 2.17. The summed E-state index contributed by atoms with van der Waals surface area (Å²) in [6, 6.07) is 6.47. The first-order valence-corrected chi connectivity index (χ1v) is 7.56. The van der Waals surface area contributed by atoms with Crippen LogP contribution in [-0.4, -0.2) is 34.1 Å². The molecule has 0 atom stereocenters. The van der Waals surface area contributed by atoms with Crippen molar-refractivity contribution in [1.82, 2.24) is 14.5 Å². The van der Waals surface area contributed by atoms with Crippen molar-refractivity contribution in [2.24, 2.45) is 0 Å². The molecule has 0 saturated carbocycles. The number of hydrogen-bond donors (Lipinski definition) is 1. The molecule has 1 aromatic carbocycles. The predicted octanol–water partition coefficient (Wildman–Crippen LogP) is 3.49. The molecular formula is C15H21N3S. The van der Waals surface area contributed by atoms with Gasteiger partial charge in [-0.1, -0.05) is 6.07 Å². The maximum atomic E-state index is 5.44. The molecule has 0 amide bonds. The summed E-state index contributed by atoms with van der Waals surface area (Å²) in [6.07, 6.45) is 3.91. The number of H-pyrrole nitrogens is 1. The van der Waals surface area contributed by atoms with Gasteiger partial charge in [-0.2, -0.15) is 0 Å². The Hall–Kier alpha value is -1.13. The number of fused-ring (bicyclic) bond motifs is 1. The number of nitrogens with zero attached hydrogens (tertiary/aromatic N) is 2. The van der Waals surface area contributed by atoms with Crippen LogP contribution in [0.2, 0.25) is 0 Å². The SMILES string of the molecule is Cc1ccc2[nH]c(=S)n(CCCN3CCCC3)c2c1. The molecule has 3 rings (SSSR count). The molecule has 2 heterocycles. The molecule has 0 unspecified atom stereocenters. The number of likely N-dealkylation sites (tertiary alicyclic amines) is 1. The largest absolute Gasteiger partial charge is 0.331 e. The van der Waals surface area contributed by atoms with Crippen LogP contribution in [0.1, 0.15) is 24.8 Å². The second-order valence-electron chi connectivity index (χ2n) is 5.50. The fraction of sp³-hybridized carbons (Fsp3) is 0.533. The summed E-state index contributed by atoms with van der Waals surface area (Å²) < 4.78 is 3.09. The zero-order valence-electron chi connectivity index (χ0n) is 11.5. The number of hydrogen-bond acceptors (Lipinski definition) is 2. The molecule has 0 bridgehead atoms. The van der Waals surface area contributed by atoms with Crippen molar-refractivity contribution in [1.29, 1.82) is 0 Å². The first-order chi connectivity index (χ1) is 9.24. The third-order valence-corrected chi connectivity index (χ3v) is 4.31. The molecule has 0 aliphatic carbocycles. The number of aromatic nitrogens is 2. The van der Waals surface area contributed by atoms with Crippen LogP contribution in [0.15, 0.2) is 18.2 Å². The van der Waals surface area contributed by atoms with E-state index in [-0.39, 0.29) is 0 Å². The lowest BCUT2D eigenvalue weighted by Gasteiger charge is -2.14. The molecule has 102 valence electrons. The molecule has 0 spiro atoms. The minimum atomic E-state index is 0.849. The van der Waals surface area contributed by atoms with E-state index in [0.29, 0.717) is 0 Å². The smallest absolute Gasteiger partial charge is 0.178 e. The van der Waals surface area contributed by atoms with Gasteiger partial charge < -0.3 is 14.5 Å². The molecule has 0 radical (unpaired) electrons. The fourth-order valence-corrected chi connectivity index (χ4v) is 3.24. The summed E-state index contributed by atoms with van der Waals surface area (Å²) in [6.45, 7) is 6.89. The van der Waals surface area contributed by atoms with Gasteiger partial charge in [0.05, 0.1) is 11.0 Å². The molecule has 1 aliphatic heterocycles. The maximum Gasteiger partial charge on any atom is 0.178 e. The van der Waals surface area contributed by atoms with Gasteiger partial charge in [-0.3, -0.25) is 0 Å². The Kier molecular flexibility index (Phi) is 3.71. The first-order valence-electron chi connectivity index (χ1n) is 7.15. The van der Waals surface area contributed by atoms with Crippen LogP contribution >= 0.6 is 12.2 Å². The number of aromatic amines is 1. The second-order valence-corrected chi connectivity index (χ2v) is 5.89. The number of aryl methyl sites for hydroxylation is 2. The number of rotatable bonds is 4. The summed E-state index contributed by atoms with van der Waals surface area (Å²) >= 11 is 5.44. The van der Waals surface area contributed by atoms with E-state index < -0.39 is 0 Å². The summed E-state index contributed by atoms with van der Waals surface area (Å²) in [4.78, 5) is 5.86. The van der Waals surface area contributed by atoms with E-state index in [2.05, 4.69) is 39.6 Å². The van der Waals surface area contributed by atoms with Gasteiger partial charge >= 0.3 is 0 Å². The van der Waals surface area contributed by atoms with Crippen molar-refractivity contribution >= 4 is 23.3 Å². The van der Waals surface area contributed by atoms with Gasteiger partial charge in [0, 0.05) is 6.54 Å². The van der Waals surface area contributed by atoms with Crippen LogP contribution in [0.4, 0.5) is 0 Å². The second kappa shape index (κ2) is 5.47. The third-order valence-electron chi connectivity index (χ3n) is 3.99. The summed E-state index contributed by atoms with van der Waals surface area (Å²) in [7, 11) is 0. The lowest BCUT2D eigenvalue weighted by Crippen LogP contribution is -2.21. The zero-order chi connectivity index (χ0) is 13.2. The topological polar surface area (TPSA) is 24.0 Å². The van der Waals surface area contributed by atoms with E-state index in [1.807, 2.05) is 0 Å². The van der Waals surface area contributed by atoms with Gasteiger partial charge in [0.25, 0.3) is 0 Å². The lowest BCUT2D eigenvalue weighted by atomic mass is 10.2. The minimum absolute atomic E-state index is 0.849. The first kappa shape index (κ1) is 12.9. The summed E-state index contributed by atoms with van der Waals surface area (Å²) in [5.41, 5.74) is 3.68. The van der Waals surface area contributed by atoms with Crippen LogP contribution in [0, 0.1) is 11.7 Å². The van der Waals surface area contributed by atoms with E-state index in [1.54, 1.807) is 0 Å². The van der Waals surface area contributed by atoms with Crippen molar-refractivity contribution in [2.45, 2.75) is 32.7 Å². The Labute approximate surface area is 119 Å². The Morgan fingerprint density at radius 2 is 2.00 bits per heavy atom. The van der Waals surface area contributed by atoms with E-state index >= 15 is 0 Å². The highest BCUT2D eigenvalue weighted by Gasteiger charge is 2.11. The molecule has 1 saturated heterocycles. The summed E-state index contributed by atoms with van der Waals surface area (Å²) in [5, 5.41) is 0. The van der Waals surface area contributed by atoms with Gasteiger partial charge in [0.2, 0.25) is 0 Å². The standard InChI is InChI=1S/C15H21N3S/c1-12-5-6-13-14(11-12)18(15(19)16-13)10-4-9-17-7-2-3-8-17/h5-6,11H,2-4,7-10H2,1H3,(H,16,19). The Morgan fingerprint density at radius 1 is 1.21 bits per heavy atom. The van der Waals surface area contributed by atoms with Crippen molar-refractivity contribution in [3.63, 3.8) is 0 Å². The van der Waals surface area contributed by atoms with Crippen molar-refractivity contribution < 1.29 is 0 Å². The van der Waals surface area contributed by atoms with Gasteiger partial charge in [-0.05, 0) is 75.7 Å². The molecule has 1 fully saturated rings. The van der Waals surface area contributed by atoms with Crippen LogP contribution < -0.4 is 0 Å². The highest BCUT2D eigenvalue weighted by atomic mass is 32.1. The average Bonchev–Trinajstić information content (AvgIpc) is 2.99. The molecule has 19 heavy (non-hydrogen) atoms. The zero-order valence-corrected chi connectivity index (χ0v) is 12.3. The molecule has 1 aliphatic rings. The number of benzene rings is 1. The van der Waals surface area contributed by atoms with Crippen LogP contribution in [0.25, 0.3) is 11.0 Å². The Balaban J connectivity index is 1.74. The van der Waals surface area contributed by atoms with Crippen LogP contribution in [0.3, 0.4) is 0 Å². The van der Waals surface area contributed by atoms with E-state index in [4.69, 9.17) is 12.2 Å². The van der Waals surface area contributed by atoms with Crippen LogP contribution in [-0.2, 0) is 6.54 Å². The highest BCUT2D eigenvalue weighted by molar-refractivity contribution is 7.71. The van der Waals surface area contributed by atoms with Crippen LogP contribution in [0.5, 0.6) is 0 Å². The van der Waals surface area contributed by atoms with Gasteiger partial charge in [0.15, 0.2) is 4.77 Å². The molecular weight excluding hydrogens is 254 g/mol. The molecule has 1 aromatic heterocycles. The van der Waals surface area contributed by atoms with Gasteiger partial charge in [-0.15, -0.1) is 0 Å². The van der Waals surface area contributed by atoms with E-state index in [0.717, 1.165) is 16.8 Å². The molecule has 1 N–H and O–H groups in total. The maximum absolute atomic E-state index is 5.44. The predicted molar refractivity (Wildman–Crippen MR) is 82.2 cm³/mol. The molecule has 2 aromatic rings. The van der Waals surface area contributed by atoms with Gasteiger partial charge in [-0.25, -0.2) is 0 Å². The fourth-order valence-electron chi connectivity index (χ4n) is 2.94. The Bertz CT molecular complexity index is 620. The van der Waals surface area contributed by atoms with Crippen molar-refractivity contribution in [2.75, 3.05) is 19.6 Å². The number of imidazole rings is 1. The number of nitrogens with one attached hydrogen (secondary N) is 1. The monoisotopic (exact) mass is 275 g/mol. The molecule has 3 nitrogen and oxygen atoms in total. The quantitative estimate of drug-likeness (QED) is 0.864. The minimum Gasteiger partial charge on any atom is -0.331 e. The van der Waals surface area contributed by atoms with Crippen molar-refractivity contribution in [3.05, 3.63) is 28.5 Å². The third kappa shape index (κ3) is 2.74.